The van der Waals surface area contributed by atoms with Gasteiger partial charge in [0.15, 0.2) is 4.34 Å². The van der Waals surface area contributed by atoms with Gasteiger partial charge in [-0.05, 0) is 38.5 Å². The Morgan fingerprint density at radius 1 is 1.39 bits per heavy atom. The fraction of sp³-hybridized carbons (Fsp3) is 0.400. The van der Waals surface area contributed by atoms with E-state index in [-0.39, 0.29) is 23.0 Å². The highest BCUT2D eigenvalue weighted by Gasteiger charge is 2.18. The quantitative estimate of drug-likeness (QED) is 0.740. The SMILES string of the molecule is CCC(C)(C)NC(=O)CSc1nnc(Nc2cccc(F)c2)s1. The molecule has 0 saturated carbocycles. The molecule has 5 nitrogen and oxygen atoms in total. The molecule has 1 amide bonds. The summed E-state index contributed by atoms with van der Waals surface area (Å²) in [6.07, 6.45) is 0.865. The summed E-state index contributed by atoms with van der Waals surface area (Å²) in [5.74, 6) is -0.0566. The first-order chi connectivity index (χ1) is 10.9. The van der Waals surface area contributed by atoms with Gasteiger partial charge in [-0.15, -0.1) is 10.2 Å². The minimum atomic E-state index is -0.315. The molecule has 1 aromatic heterocycles. The summed E-state index contributed by atoms with van der Waals surface area (Å²) in [4.78, 5) is 11.9. The Morgan fingerprint density at radius 2 is 2.17 bits per heavy atom. The first kappa shape index (κ1) is 17.7. The van der Waals surface area contributed by atoms with E-state index in [1.807, 2.05) is 20.8 Å². The highest BCUT2D eigenvalue weighted by molar-refractivity contribution is 8.01. The van der Waals surface area contributed by atoms with E-state index in [0.29, 0.717) is 15.2 Å². The van der Waals surface area contributed by atoms with Crippen molar-refractivity contribution in [2.24, 2.45) is 0 Å². The van der Waals surface area contributed by atoms with Gasteiger partial charge in [0.05, 0.1) is 5.75 Å². The number of hydrogen-bond donors (Lipinski definition) is 2. The predicted octanol–water partition coefficient (Wildman–Crippen LogP) is 3.82. The molecule has 0 atom stereocenters. The van der Waals surface area contributed by atoms with E-state index in [4.69, 9.17) is 0 Å². The van der Waals surface area contributed by atoms with Crippen LogP contribution in [0, 0.1) is 5.82 Å². The van der Waals surface area contributed by atoms with Crippen molar-refractivity contribution < 1.29 is 9.18 Å². The lowest BCUT2D eigenvalue weighted by Gasteiger charge is -2.24. The molecule has 0 aliphatic carbocycles. The average molecular weight is 354 g/mol. The minimum Gasteiger partial charge on any atom is -0.351 e. The zero-order valence-electron chi connectivity index (χ0n) is 13.2. The number of hydrogen-bond acceptors (Lipinski definition) is 6. The maximum Gasteiger partial charge on any atom is 0.230 e. The molecular weight excluding hydrogens is 335 g/mol. The zero-order chi connectivity index (χ0) is 16.9. The molecule has 0 spiro atoms. The highest BCUT2D eigenvalue weighted by atomic mass is 32.2. The summed E-state index contributed by atoms with van der Waals surface area (Å²) in [6, 6.07) is 6.13. The number of nitrogens with one attached hydrogen (secondary N) is 2. The number of benzene rings is 1. The number of rotatable bonds is 7. The van der Waals surface area contributed by atoms with Gasteiger partial charge in [0.2, 0.25) is 11.0 Å². The number of halogens is 1. The molecule has 1 aromatic carbocycles. The molecule has 0 bridgehead atoms. The molecule has 124 valence electrons. The van der Waals surface area contributed by atoms with Crippen LogP contribution in [-0.2, 0) is 4.79 Å². The highest BCUT2D eigenvalue weighted by Crippen LogP contribution is 2.27. The van der Waals surface area contributed by atoms with E-state index in [1.165, 1.54) is 35.2 Å². The van der Waals surface area contributed by atoms with E-state index in [2.05, 4.69) is 20.8 Å². The number of amides is 1. The summed E-state index contributed by atoms with van der Waals surface area (Å²) >= 11 is 2.66. The van der Waals surface area contributed by atoms with Crippen molar-refractivity contribution in [2.75, 3.05) is 11.1 Å². The summed E-state index contributed by atoms with van der Waals surface area (Å²) < 4.78 is 13.8. The Labute approximate surface area is 143 Å². The van der Waals surface area contributed by atoms with Gasteiger partial charge in [-0.3, -0.25) is 4.79 Å². The molecule has 1 heterocycles. The van der Waals surface area contributed by atoms with Crippen LogP contribution in [0.15, 0.2) is 28.6 Å². The fourth-order valence-electron chi connectivity index (χ4n) is 1.64. The number of nitrogens with zero attached hydrogens (tertiary/aromatic N) is 2. The monoisotopic (exact) mass is 354 g/mol. The van der Waals surface area contributed by atoms with Crippen LogP contribution in [0.1, 0.15) is 27.2 Å². The molecular formula is C15H19FN4OS2. The third kappa shape index (κ3) is 5.80. The Hall–Kier alpha value is -1.67. The van der Waals surface area contributed by atoms with E-state index < -0.39 is 0 Å². The van der Waals surface area contributed by atoms with E-state index in [1.54, 1.807) is 12.1 Å². The Bertz CT molecular complexity index is 675. The number of anilines is 2. The van der Waals surface area contributed by atoms with Crippen molar-refractivity contribution in [1.82, 2.24) is 15.5 Å². The largest absolute Gasteiger partial charge is 0.351 e. The van der Waals surface area contributed by atoms with Crippen molar-refractivity contribution in [3.05, 3.63) is 30.1 Å². The predicted molar refractivity (Wildman–Crippen MR) is 92.8 cm³/mol. The second-order valence-corrected chi connectivity index (χ2v) is 7.78. The van der Waals surface area contributed by atoms with Gasteiger partial charge >= 0.3 is 0 Å². The maximum atomic E-state index is 13.1. The van der Waals surface area contributed by atoms with E-state index >= 15 is 0 Å². The standard InChI is InChI=1S/C15H19FN4OS2/c1-4-15(2,3)18-12(21)9-22-14-20-19-13(23-14)17-11-7-5-6-10(16)8-11/h5-8H,4,9H2,1-3H3,(H,17,19)(H,18,21). The van der Waals surface area contributed by atoms with Crippen LogP contribution in [-0.4, -0.2) is 27.4 Å². The van der Waals surface area contributed by atoms with Gasteiger partial charge in [-0.2, -0.15) is 0 Å². The third-order valence-corrected chi connectivity index (χ3v) is 5.14. The molecule has 0 saturated heterocycles. The van der Waals surface area contributed by atoms with Crippen LogP contribution in [0.2, 0.25) is 0 Å². The van der Waals surface area contributed by atoms with Crippen molar-refractivity contribution in [2.45, 2.75) is 37.1 Å². The topological polar surface area (TPSA) is 66.9 Å². The average Bonchev–Trinajstić information content (AvgIpc) is 2.92. The van der Waals surface area contributed by atoms with Gasteiger partial charge in [-0.25, -0.2) is 4.39 Å². The lowest BCUT2D eigenvalue weighted by atomic mass is 10.0. The van der Waals surface area contributed by atoms with Crippen molar-refractivity contribution in [3.63, 3.8) is 0 Å². The lowest BCUT2D eigenvalue weighted by molar-refractivity contribution is -0.120. The molecule has 8 heteroatoms. The second-order valence-electron chi connectivity index (χ2n) is 5.58. The van der Waals surface area contributed by atoms with Crippen LogP contribution < -0.4 is 10.6 Å². The summed E-state index contributed by atoms with van der Waals surface area (Å²) in [6.45, 7) is 6.01. The number of carbonyl (C=O) groups is 1. The van der Waals surface area contributed by atoms with E-state index in [9.17, 15) is 9.18 Å². The lowest BCUT2D eigenvalue weighted by Crippen LogP contribution is -2.43. The maximum absolute atomic E-state index is 13.1. The summed E-state index contributed by atoms with van der Waals surface area (Å²) in [5, 5.41) is 14.5. The van der Waals surface area contributed by atoms with E-state index in [0.717, 1.165) is 6.42 Å². The smallest absolute Gasteiger partial charge is 0.230 e. The van der Waals surface area contributed by atoms with Gasteiger partial charge in [0, 0.05) is 11.2 Å². The zero-order valence-corrected chi connectivity index (χ0v) is 14.9. The minimum absolute atomic E-state index is 0.0308. The van der Waals surface area contributed by atoms with Crippen molar-refractivity contribution >= 4 is 39.8 Å². The molecule has 23 heavy (non-hydrogen) atoms. The van der Waals surface area contributed by atoms with Crippen molar-refractivity contribution in [1.29, 1.82) is 0 Å². The molecule has 0 aliphatic rings. The number of carbonyl (C=O) groups excluding carboxylic acids is 1. The van der Waals surface area contributed by atoms with Crippen LogP contribution in [0.4, 0.5) is 15.2 Å². The Morgan fingerprint density at radius 3 is 2.87 bits per heavy atom. The normalized spacial score (nSPS) is 11.3. The first-order valence-electron chi connectivity index (χ1n) is 7.18. The molecule has 2 aromatic rings. The van der Waals surface area contributed by atoms with Gasteiger partial charge in [-0.1, -0.05) is 36.1 Å². The molecule has 2 N–H and O–H groups in total. The van der Waals surface area contributed by atoms with Gasteiger partial charge < -0.3 is 10.6 Å². The van der Waals surface area contributed by atoms with Gasteiger partial charge in [0.25, 0.3) is 0 Å². The fourth-order valence-corrected chi connectivity index (χ4v) is 3.21. The molecule has 0 radical (unpaired) electrons. The van der Waals surface area contributed by atoms with Gasteiger partial charge in [0.1, 0.15) is 5.82 Å². The summed E-state index contributed by atoms with van der Waals surface area (Å²) in [7, 11) is 0. The first-order valence-corrected chi connectivity index (χ1v) is 8.98. The molecule has 2 rings (SSSR count). The van der Waals surface area contributed by atoms with Crippen LogP contribution in [0.3, 0.4) is 0 Å². The molecule has 0 aliphatic heterocycles. The Balaban J connectivity index is 1.86. The third-order valence-electron chi connectivity index (χ3n) is 3.17. The Kier molecular flexibility index (Phi) is 5.95. The summed E-state index contributed by atoms with van der Waals surface area (Å²) in [5.41, 5.74) is 0.406. The molecule has 0 fully saturated rings. The van der Waals surface area contributed by atoms with Crippen LogP contribution >= 0.6 is 23.1 Å². The number of thioether (sulfide) groups is 1. The van der Waals surface area contributed by atoms with Crippen LogP contribution in [0.5, 0.6) is 0 Å². The molecule has 0 unspecified atom stereocenters. The number of aromatic nitrogens is 2. The van der Waals surface area contributed by atoms with Crippen molar-refractivity contribution in [3.8, 4) is 0 Å². The van der Waals surface area contributed by atoms with Crippen LogP contribution in [0.25, 0.3) is 0 Å². The second kappa shape index (κ2) is 7.74.